The molecule has 4 amide bonds. The van der Waals surface area contributed by atoms with E-state index in [1.54, 1.807) is 74.7 Å². The number of phenols is 1. The number of hydrogen-bond donors (Lipinski definition) is 2. The van der Waals surface area contributed by atoms with Gasteiger partial charge in [-0.15, -0.1) is 0 Å². The van der Waals surface area contributed by atoms with E-state index in [0.717, 1.165) is 22.6 Å². The van der Waals surface area contributed by atoms with Gasteiger partial charge < -0.3 is 14.6 Å². The van der Waals surface area contributed by atoms with Crippen LogP contribution < -0.4 is 19.8 Å². The van der Waals surface area contributed by atoms with Crippen molar-refractivity contribution in [2.45, 2.75) is 44.4 Å². The Hall–Kier alpha value is -5.32. The van der Waals surface area contributed by atoms with E-state index in [0.29, 0.717) is 33.3 Å². The molecule has 0 spiro atoms. The van der Waals surface area contributed by atoms with Crippen molar-refractivity contribution in [3.8, 4) is 17.2 Å². The van der Waals surface area contributed by atoms with Crippen molar-refractivity contribution < 1.29 is 33.8 Å². The Morgan fingerprint density at radius 2 is 1.62 bits per heavy atom. The van der Waals surface area contributed by atoms with E-state index in [9.17, 15) is 19.5 Å². The lowest BCUT2D eigenvalue weighted by Gasteiger charge is -2.50. The van der Waals surface area contributed by atoms with Crippen molar-refractivity contribution in [2.75, 3.05) is 24.0 Å². The lowest BCUT2D eigenvalue weighted by molar-refractivity contribution is -0.138. The second kappa shape index (κ2) is 14.1. The average molecular weight is 781 g/mol. The smallest absolute Gasteiger partial charge is 0.260 e. The summed E-state index contributed by atoms with van der Waals surface area (Å²) in [5.41, 5.74) is 5.29. The number of hydrogen-bond acceptors (Lipinski definition) is 8. The van der Waals surface area contributed by atoms with Crippen LogP contribution >= 0.6 is 23.2 Å². The molecule has 8 rings (SSSR count). The number of amides is 4. The number of anilines is 2. The number of fused-ring (bicyclic) bond motifs is 4. The maximum absolute atomic E-state index is 15.5. The fourth-order valence-corrected chi connectivity index (χ4v) is 9.79. The molecule has 2 N–H and O–H groups in total. The van der Waals surface area contributed by atoms with Crippen molar-refractivity contribution in [3.63, 3.8) is 0 Å². The number of carbonyl (C=O) groups excluding carboxylic acids is 4. The summed E-state index contributed by atoms with van der Waals surface area (Å²) in [4.78, 5) is 60.5. The number of carbonyl (C=O) groups is 4. The van der Waals surface area contributed by atoms with Crippen molar-refractivity contribution in [1.82, 2.24) is 5.01 Å². The largest absolute Gasteiger partial charge is 0.504 e. The molecule has 2 aliphatic heterocycles. The van der Waals surface area contributed by atoms with Gasteiger partial charge in [0.1, 0.15) is 5.75 Å². The SMILES string of the molecule is CCOc1cc(C2C3=CCC4C(=O)N(c5ccc(CC)cc5)C(=O)C4C3CC3C(=O)N(Nc4ccc(Cl)cc4Cl)C(=O)C32c2ccc(OC)cc2)ccc1O. The number of methoxy groups -OCH3 is 1. The number of aryl methyl sites for hydroxylation is 1. The molecule has 0 bridgehead atoms. The zero-order chi connectivity index (χ0) is 38.8. The molecular weight excluding hydrogens is 741 g/mol. The molecule has 0 aromatic heterocycles. The van der Waals surface area contributed by atoms with Crippen LogP contribution in [-0.2, 0) is 31.0 Å². The molecule has 55 heavy (non-hydrogen) atoms. The fourth-order valence-electron chi connectivity index (χ4n) is 9.34. The zero-order valence-corrected chi connectivity index (χ0v) is 31.9. The molecule has 10 nitrogen and oxygen atoms in total. The summed E-state index contributed by atoms with van der Waals surface area (Å²) in [5.74, 6) is -4.76. The van der Waals surface area contributed by atoms with Crippen LogP contribution in [0.3, 0.4) is 0 Å². The van der Waals surface area contributed by atoms with Crippen molar-refractivity contribution >= 4 is 58.2 Å². The van der Waals surface area contributed by atoms with E-state index in [2.05, 4.69) is 5.43 Å². The Morgan fingerprint density at radius 1 is 0.873 bits per heavy atom. The summed E-state index contributed by atoms with van der Waals surface area (Å²) in [6.07, 6.45) is 3.19. The molecule has 6 atom stereocenters. The van der Waals surface area contributed by atoms with E-state index in [4.69, 9.17) is 32.7 Å². The second-order valence-corrected chi connectivity index (χ2v) is 15.2. The molecule has 1 saturated carbocycles. The van der Waals surface area contributed by atoms with Gasteiger partial charge in [0.2, 0.25) is 11.8 Å². The molecule has 12 heteroatoms. The van der Waals surface area contributed by atoms with E-state index in [1.807, 2.05) is 25.1 Å². The number of benzene rings is 4. The molecule has 3 fully saturated rings. The maximum atomic E-state index is 15.5. The summed E-state index contributed by atoms with van der Waals surface area (Å²) in [7, 11) is 1.55. The van der Waals surface area contributed by atoms with Gasteiger partial charge in [0.25, 0.3) is 11.8 Å². The Morgan fingerprint density at radius 3 is 2.29 bits per heavy atom. The van der Waals surface area contributed by atoms with Crippen LogP contribution in [0.1, 0.15) is 49.3 Å². The summed E-state index contributed by atoms with van der Waals surface area (Å²) >= 11 is 12.8. The van der Waals surface area contributed by atoms with Gasteiger partial charge in [-0.05, 0) is 103 Å². The molecule has 282 valence electrons. The maximum Gasteiger partial charge on any atom is 0.260 e. The highest BCUT2D eigenvalue weighted by molar-refractivity contribution is 6.36. The minimum atomic E-state index is -1.55. The van der Waals surface area contributed by atoms with Crippen LogP contribution in [0.2, 0.25) is 10.0 Å². The summed E-state index contributed by atoms with van der Waals surface area (Å²) < 4.78 is 11.3. The third kappa shape index (κ3) is 5.68. The minimum Gasteiger partial charge on any atom is -0.504 e. The summed E-state index contributed by atoms with van der Waals surface area (Å²) in [5, 5.41) is 12.4. The Bertz CT molecular complexity index is 2260. The third-order valence-electron chi connectivity index (χ3n) is 11.8. The Balaban J connectivity index is 1.33. The lowest BCUT2D eigenvalue weighted by atomic mass is 9.49. The predicted molar refractivity (Wildman–Crippen MR) is 208 cm³/mol. The van der Waals surface area contributed by atoms with Crippen LogP contribution in [0.5, 0.6) is 17.2 Å². The van der Waals surface area contributed by atoms with E-state index < -0.39 is 46.8 Å². The number of allylic oxidation sites excluding steroid dienone is 2. The molecule has 4 aromatic carbocycles. The number of nitrogens with zero attached hydrogens (tertiary/aromatic N) is 2. The van der Waals surface area contributed by atoms with Crippen molar-refractivity contribution in [1.29, 1.82) is 0 Å². The molecule has 0 radical (unpaired) electrons. The number of halogens is 2. The number of rotatable bonds is 9. The summed E-state index contributed by atoms with van der Waals surface area (Å²) in [6, 6.07) is 24.2. The minimum absolute atomic E-state index is 0.0820. The lowest BCUT2D eigenvalue weighted by Crippen LogP contribution is -2.53. The zero-order valence-electron chi connectivity index (χ0n) is 30.4. The molecule has 2 heterocycles. The van der Waals surface area contributed by atoms with E-state index in [1.165, 1.54) is 17.0 Å². The van der Waals surface area contributed by atoms with Gasteiger partial charge in [-0.1, -0.05) is 72.1 Å². The predicted octanol–water partition coefficient (Wildman–Crippen LogP) is 7.86. The summed E-state index contributed by atoms with van der Waals surface area (Å²) in [6.45, 7) is 4.11. The average Bonchev–Trinajstić information content (AvgIpc) is 3.57. The molecule has 4 aliphatic rings. The molecule has 2 saturated heterocycles. The fraction of sp³-hybridized carbons (Fsp3) is 0.302. The highest BCUT2D eigenvalue weighted by atomic mass is 35.5. The van der Waals surface area contributed by atoms with Gasteiger partial charge in [-0.3, -0.25) is 29.5 Å². The molecule has 2 aliphatic carbocycles. The van der Waals surface area contributed by atoms with Gasteiger partial charge >= 0.3 is 0 Å². The highest BCUT2D eigenvalue weighted by Crippen LogP contribution is 2.64. The first-order valence-electron chi connectivity index (χ1n) is 18.4. The van der Waals surface area contributed by atoms with Crippen LogP contribution in [-0.4, -0.2) is 47.5 Å². The van der Waals surface area contributed by atoms with Crippen LogP contribution in [0.15, 0.2) is 96.6 Å². The standard InChI is InChI=1S/C43H39Cl2N3O7/c1-4-23-6-12-27(13-7-23)47-39(50)30-17-16-29-31(37(30)41(47)52)22-32-40(51)48(46-34-18-11-26(44)21-33(34)45)42(53)43(32,25-9-14-28(54-3)15-10-25)38(29)24-8-19-35(49)36(20-24)55-5-2/h6-16,18-21,30-32,37-38,46,49H,4-5,17,22H2,1-3H3. The van der Waals surface area contributed by atoms with Gasteiger partial charge in [-0.2, -0.15) is 5.01 Å². The first-order chi connectivity index (χ1) is 26.5. The van der Waals surface area contributed by atoms with E-state index >= 15 is 4.79 Å². The van der Waals surface area contributed by atoms with Crippen LogP contribution in [0.25, 0.3) is 0 Å². The molecular formula is C43H39Cl2N3O7. The highest BCUT2D eigenvalue weighted by Gasteiger charge is 2.70. The number of ether oxygens (including phenoxy) is 2. The second-order valence-electron chi connectivity index (χ2n) is 14.4. The van der Waals surface area contributed by atoms with E-state index in [-0.39, 0.29) is 47.8 Å². The number of phenolic OH excluding ortho intramolecular Hbond substituents is 1. The third-order valence-corrected chi connectivity index (χ3v) is 12.3. The number of aromatic hydroxyl groups is 1. The van der Waals surface area contributed by atoms with Gasteiger partial charge in [0.15, 0.2) is 11.5 Å². The van der Waals surface area contributed by atoms with Crippen LogP contribution in [0.4, 0.5) is 11.4 Å². The van der Waals surface area contributed by atoms with Crippen molar-refractivity contribution in [3.05, 3.63) is 123 Å². The first-order valence-corrected chi connectivity index (χ1v) is 19.2. The molecule has 6 unspecified atom stereocenters. The molecule has 4 aromatic rings. The van der Waals surface area contributed by atoms with Crippen LogP contribution in [0, 0.1) is 23.7 Å². The number of imide groups is 2. The first kappa shape index (κ1) is 36.6. The number of hydrazine groups is 1. The normalized spacial score (nSPS) is 25.7. The topological polar surface area (TPSA) is 125 Å². The van der Waals surface area contributed by atoms with Gasteiger partial charge in [0.05, 0.1) is 53.3 Å². The van der Waals surface area contributed by atoms with Gasteiger partial charge in [0, 0.05) is 10.9 Å². The quantitative estimate of drug-likeness (QED) is 0.130. The van der Waals surface area contributed by atoms with Crippen molar-refractivity contribution in [2.24, 2.45) is 23.7 Å². The Kier molecular flexibility index (Phi) is 9.38. The Labute approximate surface area is 328 Å². The van der Waals surface area contributed by atoms with Gasteiger partial charge in [-0.25, -0.2) is 0 Å². The monoisotopic (exact) mass is 779 g/mol. The number of nitrogens with one attached hydrogen (secondary N) is 1.